The molecular formula is C15H20F3N3O3. The lowest BCUT2D eigenvalue weighted by Crippen LogP contribution is -2.37. The fourth-order valence-electron chi connectivity index (χ4n) is 2.16. The number of rotatable bonds is 6. The maximum absolute atomic E-state index is 12.1. The first-order chi connectivity index (χ1) is 11.3. The summed E-state index contributed by atoms with van der Waals surface area (Å²) in [6.07, 6.45) is -3.99. The van der Waals surface area contributed by atoms with Gasteiger partial charge in [-0.2, -0.15) is 13.2 Å². The monoisotopic (exact) mass is 347 g/mol. The van der Waals surface area contributed by atoms with E-state index >= 15 is 0 Å². The molecule has 1 saturated heterocycles. The van der Waals surface area contributed by atoms with Gasteiger partial charge in [-0.1, -0.05) is 0 Å². The highest BCUT2D eigenvalue weighted by atomic mass is 19.4. The SMILES string of the molecule is C[C@H](OCC(F)(F)F)C(=O)NCc1ccnc(N2CCOCC2)c1. The number of alkyl halides is 3. The predicted molar refractivity (Wildman–Crippen MR) is 80.6 cm³/mol. The molecule has 0 saturated carbocycles. The van der Waals surface area contributed by atoms with E-state index in [1.165, 1.54) is 6.92 Å². The van der Waals surface area contributed by atoms with Crippen LogP contribution in [0.15, 0.2) is 18.3 Å². The van der Waals surface area contributed by atoms with Gasteiger partial charge in [0.1, 0.15) is 18.5 Å². The number of pyridine rings is 1. The van der Waals surface area contributed by atoms with Crippen LogP contribution >= 0.6 is 0 Å². The van der Waals surface area contributed by atoms with Crippen LogP contribution in [0.4, 0.5) is 19.0 Å². The normalized spacial score (nSPS) is 16.8. The molecule has 1 fully saturated rings. The first-order valence-electron chi connectivity index (χ1n) is 7.59. The highest BCUT2D eigenvalue weighted by molar-refractivity contribution is 5.80. The number of halogens is 3. The second kappa shape index (κ2) is 8.29. The van der Waals surface area contributed by atoms with Crippen molar-refractivity contribution >= 4 is 11.7 Å². The number of amides is 1. The van der Waals surface area contributed by atoms with Crippen molar-refractivity contribution in [1.82, 2.24) is 10.3 Å². The van der Waals surface area contributed by atoms with Crippen LogP contribution in [-0.4, -0.2) is 56.1 Å². The standard InChI is InChI=1S/C15H20F3N3O3/c1-11(24-10-15(16,17)18)14(22)20-9-12-2-3-19-13(8-12)21-4-6-23-7-5-21/h2-3,8,11H,4-7,9-10H2,1H3,(H,20,22)/t11-/m0/s1. The second-order valence-electron chi connectivity index (χ2n) is 5.41. The van der Waals surface area contributed by atoms with Crippen LogP contribution in [0.25, 0.3) is 0 Å². The number of ether oxygens (including phenoxy) is 2. The number of nitrogens with one attached hydrogen (secondary N) is 1. The van der Waals surface area contributed by atoms with E-state index in [1.54, 1.807) is 12.3 Å². The molecule has 0 unspecified atom stereocenters. The maximum atomic E-state index is 12.1. The number of aromatic nitrogens is 1. The van der Waals surface area contributed by atoms with Gasteiger partial charge in [-0.25, -0.2) is 4.98 Å². The van der Waals surface area contributed by atoms with E-state index in [1.807, 2.05) is 6.07 Å². The highest BCUT2D eigenvalue weighted by Crippen LogP contribution is 2.16. The molecule has 0 aromatic carbocycles. The van der Waals surface area contributed by atoms with Gasteiger partial charge in [0.25, 0.3) is 0 Å². The zero-order valence-electron chi connectivity index (χ0n) is 13.3. The van der Waals surface area contributed by atoms with E-state index < -0.39 is 24.8 Å². The molecule has 1 aromatic heterocycles. The summed E-state index contributed by atoms with van der Waals surface area (Å²) in [4.78, 5) is 18.1. The largest absolute Gasteiger partial charge is 0.411 e. The van der Waals surface area contributed by atoms with E-state index in [9.17, 15) is 18.0 Å². The Morgan fingerprint density at radius 2 is 2.17 bits per heavy atom. The average Bonchev–Trinajstić information content (AvgIpc) is 2.58. The Morgan fingerprint density at radius 1 is 1.46 bits per heavy atom. The van der Waals surface area contributed by atoms with Crippen LogP contribution in [0.2, 0.25) is 0 Å². The highest BCUT2D eigenvalue weighted by Gasteiger charge is 2.29. The number of anilines is 1. The molecule has 1 N–H and O–H groups in total. The van der Waals surface area contributed by atoms with E-state index in [2.05, 4.69) is 19.9 Å². The third kappa shape index (κ3) is 5.97. The van der Waals surface area contributed by atoms with Crippen LogP contribution in [0.5, 0.6) is 0 Å². The molecule has 1 atom stereocenters. The molecule has 1 aliphatic rings. The topological polar surface area (TPSA) is 63.7 Å². The molecule has 1 aliphatic heterocycles. The van der Waals surface area contributed by atoms with Crippen molar-refractivity contribution in [2.45, 2.75) is 25.7 Å². The van der Waals surface area contributed by atoms with Gasteiger partial charge in [0.05, 0.1) is 13.2 Å². The number of hydrogen-bond donors (Lipinski definition) is 1. The smallest absolute Gasteiger partial charge is 0.378 e. The van der Waals surface area contributed by atoms with Crippen LogP contribution in [-0.2, 0) is 20.8 Å². The van der Waals surface area contributed by atoms with E-state index in [4.69, 9.17) is 4.74 Å². The van der Waals surface area contributed by atoms with Gasteiger partial charge in [-0.05, 0) is 24.6 Å². The molecule has 0 spiro atoms. The van der Waals surface area contributed by atoms with Crippen molar-refractivity contribution in [2.75, 3.05) is 37.8 Å². The fourth-order valence-corrected chi connectivity index (χ4v) is 2.16. The Kier molecular flexibility index (Phi) is 6.38. The minimum absolute atomic E-state index is 0.193. The summed E-state index contributed by atoms with van der Waals surface area (Å²) in [7, 11) is 0. The first kappa shape index (κ1) is 18.5. The summed E-state index contributed by atoms with van der Waals surface area (Å²) in [6, 6.07) is 3.58. The van der Waals surface area contributed by atoms with Crippen LogP contribution in [0.1, 0.15) is 12.5 Å². The molecular weight excluding hydrogens is 327 g/mol. The number of nitrogens with zero attached hydrogens (tertiary/aromatic N) is 2. The van der Waals surface area contributed by atoms with Gasteiger partial charge in [0.2, 0.25) is 5.91 Å². The number of carbonyl (C=O) groups excluding carboxylic acids is 1. The molecule has 1 aromatic rings. The molecule has 24 heavy (non-hydrogen) atoms. The van der Waals surface area contributed by atoms with Gasteiger partial charge in [-0.3, -0.25) is 4.79 Å². The fraction of sp³-hybridized carbons (Fsp3) is 0.600. The molecule has 1 amide bonds. The lowest BCUT2D eigenvalue weighted by atomic mass is 10.2. The molecule has 9 heteroatoms. The van der Waals surface area contributed by atoms with Crippen molar-refractivity contribution in [3.8, 4) is 0 Å². The number of morpholine rings is 1. The first-order valence-corrected chi connectivity index (χ1v) is 7.59. The van der Waals surface area contributed by atoms with E-state index in [0.29, 0.717) is 13.2 Å². The lowest BCUT2D eigenvalue weighted by Gasteiger charge is -2.28. The molecule has 0 aliphatic carbocycles. The van der Waals surface area contributed by atoms with E-state index in [-0.39, 0.29) is 6.54 Å². The van der Waals surface area contributed by atoms with Crippen molar-refractivity contribution in [3.63, 3.8) is 0 Å². The zero-order valence-corrected chi connectivity index (χ0v) is 13.3. The predicted octanol–water partition coefficient (Wildman–Crippen LogP) is 1.50. The third-order valence-electron chi connectivity index (χ3n) is 3.48. The summed E-state index contributed by atoms with van der Waals surface area (Å²) in [5.41, 5.74) is 0.808. The van der Waals surface area contributed by atoms with Crippen molar-refractivity contribution in [1.29, 1.82) is 0 Å². The van der Waals surface area contributed by atoms with Gasteiger partial charge in [0, 0.05) is 25.8 Å². The number of carbonyl (C=O) groups is 1. The lowest BCUT2D eigenvalue weighted by molar-refractivity contribution is -0.185. The quantitative estimate of drug-likeness (QED) is 0.845. The summed E-state index contributed by atoms with van der Waals surface area (Å²) >= 11 is 0. The minimum atomic E-state index is -4.45. The Balaban J connectivity index is 1.84. The molecule has 6 nitrogen and oxygen atoms in total. The Morgan fingerprint density at radius 3 is 2.83 bits per heavy atom. The zero-order chi connectivity index (χ0) is 17.6. The molecule has 0 bridgehead atoms. The van der Waals surface area contributed by atoms with Gasteiger partial charge >= 0.3 is 6.18 Å². The summed E-state index contributed by atoms with van der Waals surface area (Å²) in [5, 5.41) is 2.56. The van der Waals surface area contributed by atoms with Crippen molar-refractivity contribution < 1.29 is 27.4 Å². The van der Waals surface area contributed by atoms with Gasteiger partial charge in [0.15, 0.2) is 0 Å². The van der Waals surface area contributed by atoms with Crippen LogP contribution in [0, 0.1) is 0 Å². The Hall–Kier alpha value is -1.87. The average molecular weight is 347 g/mol. The van der Waals surface area contributed by atoms with Crippen LogP contribution in [0.3, 0.4) is 0 Å². The number of hydrogen-bond acceptors (Lipinski definition) is 5. The molecule has 134 valence electrons. The molecule has 2 rings (SSSR count). The van der Waals surface area contributed by atoms with Crippen LogP contribution < -0.4 is 10.2 Å². The molecule has 2 heterocycles. The van der Waals surface area contributed by atoms with E-state index in [0.717, 1.165) is 24.5 Å². The van der Waals surface area contributed by atoms with Crippen molar-refractivity contribution in [3.05, 3.63) is 23.9 Å². The second-order valence-corrected chi connectivity index (χ2v) is 5.41. The summed E-state index contributed by atoms with van der Waals surface area (Å²) < 4.78 is 46.0. The molecule has 0 radical (unpaired) electrons. The van der Waals surface area contributed by atoms with Crippen molar-refractivity contribution in [2.24, 2.45) is 0 Å². The summed E-state index contributed by atoms with van der Waals surface area (Å²) in [5.74, 6) is 0.190. The van der Waals surface area contributed by atoms with Gasteiger partial charge < -0.3 is 19.7 Å². The third-order valence-corrected chi connectivity index (χ3v) is 3.48. The minimum Gasteiger partial charge on any atom is -0.378 e. The van der Waals surface area contributed by atoms with Gasteiger partial charge in [-0.15, -0.1) is 0 Å². The Labute approximate surface area is 137 Å². The Bertz CT molecular complexity index is 548. The summed E-state index contributed by atoms with van der Waals surface area (Å²) in [6.45, 7) is 2.78. The maximum Gasteiger partial charge on any atom is 0.411 e.